The first-order chi connectivity index (χ1) is 12.7. The van der Waals surface area contributed by atoms with Crippen molar-refractivity contribution in [1.29, 1.82) is 0 Å². The number of halogens is 1. The fourth-order valence-electron chi connectivity index (χ4n) is 2.99. The van der Waals surface area contributed by atoms with Gasteiger partial charge in [-0.3, -0.25) is 0 Å². The lowest BCUT2D eigenvalue weighted by Crippen LogP contribution is -2.04. The van der Waals surface area contributed by atoms with E-state index in [1.165, 1.54) is 0 Å². The highest BCUT2D eigenvalue weighted by molar-refractivity contribution is 6.30. The molecule has 2 aromatic carbocycles. The molecule has 0 unspecified atom stereocenters. The third-order valence-electron chi connectivity index (χ3n) is 4.23. The van der Waals surface area contributed by atoms with Crippen LogP contribution in [0.1, 0.15) is 19.0 Å². The molecule has 0 aliphatic heterocycles. The van der Waals surface area contributed by atoms with Crippen LogP contribution in [0.25, 0.3) is 16.8 Å². The smallest absolute Gasteiger partial charge is 0.165 e. The van der Waals surface area contributed by atoms with Crippen molar-refractivity contribution in [3.05, 3.63) is 77.6 Å². The average Bonchev–Trinajstić information content (AvgIpc) is 3.09. The van der Waals surface area contributed by atoms with Crippen LogP contribution in [0.2, 0.25) is 5.02 Å². The molecule has 26 heavy (non-hydrogen) atoms. The van der Waals surface area contributed by atoms with E-state index in [1.807, 2.05) is 53.2 Å². The molecule has 4 nitrogen and oxygen atoms in total. The monoisotopic (exact) mass is 362 g/mol. The van der Waals surface area contributed by atoms with E-state index in [0.29, 0.717) is 5.02 Å². The highest BCUT2D eigenvalue weighted by atomic mass is 35.5. The largest absolute Gasteiger partial charge is 0.340 e. The molecule has 1 N–H and O–H groups in total. The number of hydrogen-bond acceptors (Lipinski definition) is 3. The standard InChI is InChI=1S/C21H19ClN4/c1-2-6-18-13-20(24-17-11-9-16(22)10-12-17)26-21(25-18)19(14-23-26)15-7-4-3-5-8-15/h3-5,7-14,24H,2,6H2,1H3. The maximum atomic E-state index is 5.99. The van der Waals surface area contributed by atoms with Gasteiger partial charge in [0.25, 0.3) is 0 Å². The van der Waals surface area contributed by atoms with Crippen LogP contribution in [0.15, 0.2) is 66.9 Å². The van der Waals surface area contributed by atoms with E-state index in [4.69, 9.17) is 16.6 Å². The summed E-state index contributed by atoms with van der Waals surface area (Å²) in [4.78, 5) is 4.86. The molecule has 0 aliphatic rings. The van der Waals surface area contributed by atoms with Gasteiger partial charge in [-0.05, 0) is 36.2 Å². The quantitative estimate of drug-likeness (QED) is 0.491. The van der Waals surface area contributed by atoms with Crippen molar-refractivity contribution in [2.45, 2.75) is 19.8 Å². The number of aromatic nitrogens is 3. The van der Waals surface area contributed by atoms with Crippen LogP contribution in [0, 0.1) is 0 Å². The van der Waals surface area contributed by atoms with E-state index < -0.39 is 0 Å². The zero-order valence-corrected chi connectivity index (χ0v) is 15.2. The summed E-state index contributed by atoms with van der Waals surface area (Å²) in [6, 6.07) is 19.9. The van der Waals surface area contributed by atoms with Gasteiger partial charge in [0.2, 0.25) is 0 Å². The number of hydrogen-bond donors (Lipinski definition) is 1. The number of anilines is 2. The van der Waals surface area contributed by atoms with Crippen molar-refractivity contribution in [2.24, 2.45) is 0 Å². The predicted octanol–water partition coefficient (Wildman–Crippen LogP) is 5.75. The maximum absolute atomic E-state index is 5.99. The van der Waals surface area contributed by atoms with Crippen molar-refractivity contribution in [2.75, 3.05) is 5.32 Å². The fraction of sp³-hybridized carbons (Fsp3) is 0.143. The second-order valence-electron chi connectivity index (χ2n) is 6.17. The summed E-state index contributed by atoms with van der Waals surface area (Å²) in [6.07, 6.45) is 3.84. The Morgan fingerprint density at radius 1 is 1.04 bits per heavy atom. The number of benzene rings is 2. The Morgan fingerprint density at radius 2 is 1.81 bits per heavy atom. The zero-order chi connectivity index (χ0) is 17.9. The summed E-state index contributed by atoms with van der Waals surface area (Å²) in [5, 5.41) is 8.73. The Hall–Kier alpha value is -2.85. The number of nitrogens with zero attached hydrogens (tertiary/aromatic N) is 3. The lowest BCUT2D eigenvalue weighted by molar-refractivity contribution is 0.862. The second kappa shape index (κ2) is 7.18. The second-order valence-corrected chi connectivity index (χ2v) is 6.61. The summed E-state index contributed by atoms with van der Waals surface area (Å²) in [6.45, 7) is 2.16. The van der Waals surface area contributed by atoms with Crippen LogP contribution in [0.4, 0.5) is 11.5 Å². The highest BCUT2D eigenvalue weighted by Crippen LogP contribution is 2.27. The van der Waals surface area contributed by atoms with E-state index in [1.54, 1.807) is 0 Å². The summed E-state index contributed by atoms with van der Waals surface area (Å²) < 4.78 is 1.86. The Kier molecular flexibility index (Phi) is 4.59. The van der Waals surface area contributed by atoms with Gasteiger partial charge in [0.15, 0.2) is 5.65 Å². The fourth-order valence-corrected chi connectivity index (χ4v) is 3.11. The first-order valence-corrected chi connectivity index (χ1v) is 9.08. The minimum atomic E-state index is 0.715. The number of fused-ring (bicyclic) bond motifs is 1. The Bertz CT molecular complexity index is 1020. The lowest BCUT2D eigenvalue weighted by atomic mass is 10.1. The molecule has 0 saturated heterocycles. The summed E-state index contributed by atoms with van der Waals surface area (Å²) in [5.74, 6) is 0.892. The van der Waals surface area contributed by atoms with Gasteiger partial charge in [0.05, 0.1) is 6.20 Å². The van der Waals surface area contributed by atoms with Gasteiger partial charge in [-0.15, -0.1) is 0 Å². The minimum Gasteiger partial charge on any atom is -0.340 e. The minimum absolute atomic E-state index is 0.715. The van der Waals surface area contributed by atoms with Crippen LogP contribution >= 0.6 is 11.6 Å². The van der Waals surface area contributed by atoms with Gasteiger partial charge in [-0.1, -0.05) is 55.3 Å². The molecule has 4 rings (SSSR count). The molecule has 2 aromatic heterocycles. The molecule has 0 spiro atoms. The van der Waals surface area contributed by atoms with E-state index >= 15 is 0 Å². The van der Waals surface area contributed by atoms with Crippen LogP contribution in [-0.4, -0.2) is 14.6 Å². The van der Waals surface area contributed by atoms with Gasteiger partial charge in [-0.2, -0.15) is 9.61 Å². The summed E-state index contributed by atoms with van der Waals surface area (Å²) in [7, 11) is 0. The molecule has 5 heteroatoms. The van der Waals surface area contributed by atoms with E-state index in [9.17, 15) is 0 Å². The van der Waals surface area contributed by atoms with Gasteiger partial charge in [0.1, 0.15) is 5.82 Å². The first kappa shape index (κ1) is 16.6. The summed E-state index contributed by atoms with van der Waals surface area (Å²) >= 11 is 5.99. The van der Waals surface area contributed by atoms with Crippen LogP contribution in [0.5, 0.6) is 0 Å². The van der Waals surface area contributed by atoms with E-state index in [-0.39, 0.29) is 0 Å². The predicted molar refractivity (Wildman–Crippen MR) is 107 cm³/mol. The Labute approximate surface area is 157 Å². The van der Waals surface area contributed by atoms with Crippen molar-refractivity contribution >= 4 is 28.8 Å². The van der Waals surface area contributed by atoms with Gasteiger partial charge >= 0.3 is 0 Å². The lowest BCUT2D eigenvalue weighted by Gasteiger charge is -2.11. The number of aryl methyl sites for hydroxylation is 1. The molecular weight excluding hydrogens is 344 g/mol. The van der Waals surface area contributed by atoms with Crippen molar-refractivity contribution < 1.29 is 0 Å². The van der Waals surface area contributed by atoms with Gasteiger partial charge in [-0.25, -0.2) is 4.98 Å². The molecule has 0 amide bonds. The number of nitrogens with one attached hydrogen (secondary N) is 1. The molecule has 0 saturated carbocycles. The molecule has 0 aliphatic carbocycles. The Morgan fingerprint density at radius 3 is 2.54 bits per heavy atom. The molecule has 0 bridgehead atoms. The van der Waals surface area contributed by atoms with Crippen molar-refractivity contribution in [1.82, 2.24) is 14.6 Å². The average molecular weight is 363 g/mol. The molecule has 0 atom stereocenters. The molecule has 2 heterocycles. The van der Waals surface area contributed by atoms with Crippen LogP contribution in [0.3, 0.4) is 0 Å². The normalized spacial score (nSPS) is 11.0. The SMILES string of the molecule is CCCc1cc(Nc2ccc(Cl)cc2)n2ncc(-c3ccccc3)c2n1. The highest BCUT2D eigenvalue weighted by Gasteiger charge is 2.13. The van der Waals surface area contributed by atoms with Gasteiger partial charge in [0, 0.05) is 28.0 Å². The number of rotatable bonds is 5. The van der Waals surface area contributed by atoms with Crippen LogP contribution < -0.4 is 5.32 Å². The zero-order valence-electron chi connectivity index (χ0n) is 14.5. The van der Waals surface area contributed by atoms with Crippen LogP contribution in [-0.2, 0) is 6.42 Å². The van der Waals surface area contributed by atoms with Gasteiger partial charge < -0.3 is 5.32 Å². The Balaban J connectivity index is 1.83. The van der Waals surface area contributed by atoms with Crippen molar-refractivity contribution in [3.8, 4) is 11.1 Å². The molecular formula is C21H19ClN4. The molecule has 0 fully saturated rings. The molecule has 0 radical (unpaired) electrons. The summed E-state index contributed by atoms with van der Waals surface area (Å²) in [5.41, 5.74) is 5.01. The van der Waals surface area contributed by atoms with E-state index in [0.717, 1.165) is 46.8 Å². The maximum Gasteiger partial charge on any atom is 0.165 e. The molecule has 130 valence electrons. The van der Waals surface area contributed by atoms with E-state index in [2.05, 4.69) is 35.5 Å². The third kappa shape index (κ3) is 3.28. The first-order valence-electron chi connectivity index (χ1n) is 8.70. The van der Waals surface area contributed by atoms with Crippen molar-refractivity contribution in [3.63, 3.8) is 0 Å². The third-order valence-corrected chi connectivity index (χ3v) is 4.48. The topological polar surface area (TPSA) is 42.2 Å². The molecule has 4 aromatic rings.